The van der Waals surface area contributed by atoms with Gasteiger partial charge in [-0.3, -0.25) is 14.3 Å². The second kappa shape index (κ2) is 7.66. The molecular formula is C21H28N6. The molecule has 0 bridgehead atoms. The van der Waals surface area contributed by atoms with Gasteiger partial charge in [0.05, 0.1) is 11.4 Å². The van der Waals surface area contributed by atoms with Gasteiger partial charge in [0.1, 0.15) is 11.5 Å². The van der Waals surface area contributed by atoms with E-state index in [4.69, 9.17) is 4.98 Å². The van der Waals surface area contributed by atoms with Gasteiger partial charge in [0.25, 0.3) is 0 Å². The smallest absolute Gasteiger partial charge is 0.138 e. The third-order valence-electron chi connectivity index (χ3n) is 5.54. The molecule has 1 atom stereocenters. The first kappa shape index (κ1) is 17.9. The summed E-state index contributed by atoms with van der Waals surface area (Å²) >= 11 is 0. The van der Waals surface area contributed by atoms with Crippen molar-refractivity contribution < 1.29 is 0 Å². The molecular weight excluding hydrogens is 336 g/mol. The Labute approximate surface area is 161 Å². The Hall–Kier alpha value is -2.44. The predicted octanol–water partition coefficient (Wildman–Crippen LogP) is 2.67. The van der Waals surface area contributed by atoms with Crippen molar-refractivity contribution in [1.29, 1.82) is 0 Å². The summed E-state index contributed by atoms with van der Waals surface area (Å²) in [5.41, 5.74) is 3.18. The van der Waals surface area contributed by atoms with E-state index in [9.17, 15) is 0 Å². The maximum absolute atomic E-state index is 4.86. The lowest BCUT2D eigenvalue weighted by atomic mass is 10.2. The molecule has 1 aliphatic heterocycles. The number of piperazine rings is 1. The monoisotopic (exact) mass is 364 g/mol. The molecule has 0 amide bonds. The Balaban J connectivity index is 1.54. The van der Waals surface area contributed by atoms with Gasteiger partial charge >= 0.3 is 0 Å². The third kappa shape index (κ3) is 3.82. The van der Waals surface area contributed by atoms with Crippen molar-refractivity contribution in [3.63, 3.8) is 0 Å². The molecule has 0 saturated carbocycles. The molecule has 1 aliphatic rings. The first-order valence-electron chi connectivity index (χ1n) is 9.63. The lowest BCUT2D eigenvalue weighted by molar-refractivity contribution is 0.246. The van der Waals surface area contributed by atoms with Crippen molar-refractivity contribution in [2.75, 3.05) is 45.2 Å². The number of nitrogens with zero attached hydrogens (tertiary/aromatic N) is 6. The normalized spacial score (nSPS) is 17.0. The number of aromatic nitrogens is 3. The van der Waals surface area contributed by atoms with Gasteiger partial charge in [0.15, 0.2) is 0 Å². The van der Waals surface area contributed by atoms with E-state index in [1.54, 1.807) is 0 Å². The molecule has 0 radical (unpaired) electrons. The maximum Gasteiger partial charge on any atom is 0.138 e. The van der Waals surface area contributed by atoms with Crippen LogP contribution in [0.1, 0.15) is 24.4 Å². The van der Waals surface area contributed by atoms with Crippen LogP contribution in [0.5, 0.6) is 0 Å². The number of imidazole rings is 1. The van der Waals surface area contributed by atoms with E-state index in [0.717, 1.165) is 49.8 Å². The van der Waals surface area contributed by atoms with Gasteiger partial charge < -0.3 is 9.80 Å². The molecule has 0 aromatic carbocycles. The van der Waals surface area contributed by atoms with Crippen LogP contribution in [0, 0.1) is 0 Å². The second-order valence-corrected chi connectivity index (χ2v) is 7.48. The van der Waals surface area contributed by atoms with Gasteiger partial charge in [0, 0.05) is 51.2 Å². The minimum atomic E-state index is 0.244. The summed E-state index contributed by atoms with van der Waals surface area (Å²) in [6.07, 6.45) is 4.04. The molecule has 3 aromatic heterocycles. The Kier molecular flexibility index (Phi) is 5.09. The van der Waals surface area contributed by atoms with Crippen molar-refractivity contribution in [2.24, 2.45) is 0 Å². The van der Waals surface area contributed by atoms with Crippen molar-refractivity contribution in [1.82, 2.24) is 24.2 Å². The summed E-state index contributed by atoms with van der Waals surface area (Å²) in [5.74, 6) is 1.24. The summed E-state index contributed by atoms with van der Waals surface area (Å²) in [6, 6.07) is 12.7. The van der Waals surface area contributed by atoms with E-state index in [-0.39, 0.29) is 6.04 Å². The van der Waals surface area contributed by atoms with Crippen LogP contribution >= 0.6 is 0 Å². The number of pyridine rings is 2. The summed E-state index contributed by atoms with van der Waals surface area (Å²) < 4.78 is 2.24. The van der Waals surface area contributed by atoms with Crippen molar-refractivity contribution >= 4 is 11.5 Å². The number of hydrogen-bond donors (Lipinski definition) is 0. The fourth-order valence-corrected chi connectivity index (χ4v) is 3.66. The van der Waals surface area contributed by atoms with Crippen LogP contribution in [-0.4, -0.2) is 64.4 Å². The van der Waals surface area contributed by atoms with Crippen LogP contribution in [0.25, 0.3) is 5.65 Å². The van der Waals surface area contributed by atoms with Gasteiger partial charge in [-0.1, -0.05) is 12.1 Å². The summed E-state index contributed by atoms with van der Waals surface area (Å²) in [6.45, 7) is 7.29. The number of fused-ring (bicyclic) bond motifs is 1. The molecule has 6 heteroatoms. The Morgan fingerprint density at radius 2 is 1.89 bits per heavy atom. The van der Waals surface area contributed by atoms with Crippen LogP contribution in [0.4, 0.5) is 5.82 Å². The zero-order valence-corrected chi connectivity index (χ0v) is 16.4. The number of hydrogen-bond acceptors (Lipinski definition) is 5. The van der Waals surface area contributed by atoms with Crippen LogP contribution in [0.2, 0.25) is 0 Å². The molecule has 0 aliphatic carbocycles. The average Bonchev–Trinajstić information content (AvgIpc) is 3.11. The average molecular weight is 364 g/mol. The zero-order chi connectivity index (χ0) is 18.8. The molecule has 4 rings (SSSR count). The van der Waals surface area contributed by atoms with E-state index in [1.807, 2.05) is 18.3 Å². The molecule has 1 fully saturated rings. The predicted molar refractivity (Wildman–Crippen MR) is 109 cm³/mol. The summed E-state index contributed by atoms with van der Waals surface area (Å²) in [7, 11) is 4.32. The van der Waals surface area contributed by atoms with E-state index in [1.165, 1.54) is 5.82 Å². The van der Waals surface area contributed by atoms with E-state index in [0.29, 0.717) is 0 Å². The van der Waals surface area contributed by atoms with Gasteiger partial charge in [-0.05, 0) is 45.3 Å². The number of anilines is 1. The van der Waals surface area contributed by atoms with Gasteiger partial charge in [-0.15, -0.1) is 0 Å². The molecule has 4 heterocycles. The van der Waals surface area contributed by atoms with Gasteiger partial charge in [-0.25, -0.2) is 4.98 Å². The highest BCUT2D eigenvalue weighted by Crippen LogP contribution is 2.22. The molecule has 27 heavy (non-hydrogen) atoms. The van der Waals surface area contributed by atoms with Crippen molar-refractivity contribution in [3.05, 3.63) is 60.2 Å². The minimum Gasteiger partial charge on any atom is -0.355 e. The molecule has 3 aromatic rings. The van der Waals surface area contributed by atoms with Crippen LogP contribution in [0.3, 0.4) is 0 Å². The second-order valence-electron chi connectivity index (χ2n) is 7.48. The number of likely N-dealkylation sites (N-methyl/N-ethyl adjacent to an activating group) is 1. The van der Waals surface area contributed by atoms with Crippen LogP contribution < -0.4 is 4.90 Å². The largest absolute Gasteiger partial charge is 0.355 e. The fraction of sp³-hybridized carbons (Fsp3) is 0.429. The quantitative estimate of drug-likeness (QED) is 0.696. The Morgan fingerprint density at radius 1 is 1.07 bits per heavy atom. The SMILES string of the molecule is C[C@@H](c1ccccn1)N(C)Cc1cn2c(N3CCN(C)CC3)cccc2n1. The first-order valence-corrected chi connectivity index (χ1v) is 9.63. The number of rotatable bonds is 5. The zero-order valence-electron chi connectivity index (χ0n) is 16.4. The molecule has 142 valence electrons. The lowest BCUT2D eigenvalue weighted by Crippen LogP contribution is -2.45. The highest BCUT2D eigenvalue weighted by atomic mass is 15.3. The molecule has 0 N–H and O–H groups in total. The van der Waals surface area contributed by atoms with Gasteiger partial charge in [0.2, 0.25) is 0 Å². The highest BCUT2D eigenvalue weighted by Gasteiger charge is 2.18. The van der Waals surface area contributed by atoms with E-state index in [2.05, 4.69) is 75.6 Å². The third-order valence-corrected chi connectivity index (χ3v) is 5.54. The molecule has 0 unspecified atom stereocenters. The molecule has 0 spiro atoms. The van der Waals surface area contributed by atoms with Crippen LogP contribution in [-0.2, 0) is 6.54 Å². The summed E-state index contributed by atoms with van der Waals surface area (Å²) in [4.78, 5) is 16.5. The van der Waals surface area contributed by atoms with Gasteiger partial charge in [-0.2, -0.15) is 0 Å². The molecule has 1 saturated heterocycles. The van der Waals surface area contributed by atoms with Crippen LogP contribution in [0.15, 0.2) is 48.8 Å². The Morgan fingerprint density at radius 3 is 2.63 bits per heavy atom. The molecule has 6 nitrogen and oxygen atoms in total. The highest BCUT2D eigenvalue weighted by molar-refractivity contribution is 5.52. The Bertz CT molecular complexity index is 882. The van der Waals surface area contributed by atoms with E-state index < -0.39 is 0 Å². The fourth-order valence-electron chi connectivity index (χ4n) is 3.66. The van der Waals surface area contributed by atoms with Crippen molar-refractivity contribution in [2.45, 2.75) is 19.5 Å². The van der Waals surface area contributed by atoms with Crippen molar-refractivity contribution in [3.8, 4) is 0 Å². The lowest BCUT2D eigenvalue weighted by Gasteiger charge is -2.34. The standard InChI is InChI=1S/C21H28N6/c1-17(19-7-4-5-10-22-19)25(3)15-18-16-27-20(23-18)8-6-9-21(27)26-13-11-24(2)12-14-26/h4-10,16-17H,11-15H2,1-3H3/t17-/m0/s1. The summed E-state index contributed by atoms with van der Waals surface area (Å²) in [5, 5.41) is 0. The minimum absolute atomic E-state index is 0.244. The maximum atomic E-state index is 4.86. The van der Waals surface area contributed by atoms with E-state index >= 15 is 0 Å². The topological polar surface area (TPSA) is 39.9 Å². The first-order chi connectivity index (χ1) is 13.1.